The van der Waals surface area contributed by atoms with Gasteiger partial charge in [0.15, 0.2) is 0 Å². The van der Waals surface area contributed by atoms with E-state index in [9.17, 15) is 19.5 Å². The summed E-state index contributed by atoms with van der Waals surface area (Å²) in [5, 5.41) is 9.87. The van der Waals surface area contributed by atoms with Gasteiger partial charge in [0.1, 0.15) is 23.7 Å². The summed E-state index contributed by atoms with van der Waals surface area (Å²) in [6, 6.07) is 0. The molecular formula is C51H88O9. The lowest BCUT2D eigenvalue weighted by atomic mass is 9.83. The van der Waals surface area contributed by atoms with Crippen molar-refractivity contribution in [2.45, 2.75) is 222 Å². The first kappa shape index (κ1) is 53.3. The molecule has 346 valence electrons. The van der Waals surface area contributed by atoms with E-state index in [1.165, 1.54) is 83.5 Å². The predicted molar refractivity (Wildman–Crippen MR) is 243 cm³/mol. The molecule has 1 aromatic carbocycles. The van der Waals surface area contributed by atoms with E-state index in [1.807, 2.05) is 20.8 Å². The van der Waals surface area contributed by atoms with Crippen LogP contribution in [-0.2, 0) is 30.2 Å². The van der Waals surface area contributed by atoms with Crippen molar-refractivity contribution in [3.63, 3.8) is 0 Å². The second kappa shape index (κ2) is 30.3. The van der Waals surface area contributed by atoms with Gasteiger partial charge in [0.2, 0.25) is 0 Å². The van der Waals surface area contributed by atoms with Crippen LogP contribution in [0.4, 0.5) is 4.79 Å². The van der Waals surface area contributed by atoms with E-state index >= 15 is 0 Å². The first-order chi connectivity index (χ1) is 28.7. The lowest BCUT2D eigenvalue weighted by molar-refractivity contribution is -0.146. The Kier molecular flexibility index (Phi) is 26.9. The molecule has 60 heavy (non-hydrogen) atoms. The van der Waals surface area contributed by atoms with Crippen LogP contribution in [0.1, 0.15) is 211 Å². The number of carbonyl (C=O) groups is 3. The second-order valence-electron chi connectivity index (χ2n) is 19.1. The quantitative estimate of drug-likeness (QED) is 0.0319. The number of fused-ring (bicyclic) bond motifs is 1. The Morgan fingerprint density at radius 3 is 1.83 bits per heavy atom. The van der Waals surface area contributed by atoms with Gasteiger partial charge in [-0.15, -0.1) is 0 Å². The molecule has 0 fully saturated rings. The number of benzene rings is 1. The molecule has 1 unspecified atom stereocenters. The zero-order chi connectivity index (χ0) is 44.3. The average Bonchev–Trinajstić information content (AvgIpc) is 3.20. The van der Waals surface area contributed by atoms with Crippen molar-refractivity contribution in [1.29, 1.82) is 0 Å². The normalized spacial score (nSPS) is 16.4. The van der Waals surface area contributed by atoms with Crippen molar-refractivity contribution < 1.29 is 43.2 Å². The van der Waals surface area contributed by atoms with Crippen molar-refractivity contribution in [2.75, 3.05) is 26.4 Å². The van der Waals surface area contributed by atoms with Gasteiger partial charge in [-0.05, 0) is 107 Å². The highest BCUT2D eigenvalue weighted by Gasteiger charge is 2.35. The molecule has 2 rings (SSSR count). The van der Waals surface area contributed by atoms with Gasteiger partial charge >= 0.3 is 18.1 Å². The Labute approximate surface area is 366 Å². The lowest BCUT2D eigenvalue weighted by Gasteiger charge is -2.38. The summed E-state index contributed by atoms with van der Waals surface area (Å²) in [6.45, 7) is 19.8. The van der Waals surface area contributed by atoms with E-state index in [1.54, 1.807) is 0 Å². The molecule has 0 amide bonds. The minimum Gasteiger partial charge on any atom is -0.487 e. The zero-order valence-corrected chi connectivity index (χ0v) is 39.8. The fourth-order valence-electron chi connectivity index (χ4n) is 8.36. The number of aliphatic hydroxyl groups excluding tert-OH is 1. The van der Waals surface area contributed by atoms with Crippen molar-refractivity contribution in [3.8, 4) is 11.5 Å². The summed E-state index contributed by atoms with van der Waals surface area (Å²) < 4.78 is 28.6. The molecule has 0 spiro atoms. The Hall–Kier alpha value is -2.81. The fraction of sp³-hybridized carbons (Fsp3) is 0.824. The van der Waals surface area contributed by atoms with Gasteiger partial charge in [0.25, 0.3) is 0 Å². The summed E-state index contributed by atoms with van der Waals surface area (Å²) >= 11 is 0. The molecule has 0 saturated heterocycles. The third kappa shape index (κ3) is 21.8. The van der Waals surface area contributed by atoms with Crippen LogP contribution in [0.3, 0.4) is 0 Å². The number of unbranched alkanes of at least 4 members (excludes halogenated alkanes) is 9. The molecule has 1 aliphatic rings. The lowest BCUT2D eigenvalue weighted by Crippen LogP contribution is -2.37. The molecule has 1 aliphatic heterocycles. The third-order valence-electron chi connectivity index (χ3n) is 12.7. The molecule has 0 radical (unpaired) electrons. The van der Waals surface area contributed by atoms with Crippen LogP contribution >= 0.6 is 0 Å². The highest BCUT2D eigenvalue weighted by Crippen LogP contribution is 2.45. The first-order valence-electron chi connectivity index (χ1n) is 24.3. The maximum absolute atomic E-state index is 12.9. The van der Waals surface area contributed by atoms with Gasteiger partial charge < -0.3 is 28.8 Å². The monoisotopic (exact) mass is 845 g/mol. The maximum atomic E-state index is 12.9. The molecule has 4 atom stereocenters. The molecule has 9 nitrogen and oxygen atoms in total. The summed E-state index contributed by atoms with van der Waals surface area (Å²) in [5.74, 6) is 2.60. The standard InChI is InChI=1S/C51H88O9/c1-10-11-12-13-14-15-16-20-34-56-46(53)29-18-17-19-30-47(54)57-36-44(35-52)37-58-50(55)59-48-41(6)42(7)49-45(43(48)8)31-33-51(9,60-49)32-23-28-40(5)27-22-26-39(4)25-21-24-38(2)3/h38-40,44,52H,10-37H2,1-9H3/t39-,40-,44?,51-/m1/s1. The first-order valence-corrected chi connectivity index (χ1v) is 24.3. The molecule has 0 saturated carbocycles. The summed E-state index contributed by atoms with van der Waals surface area (Å²) in [5.41, 5.74) is 3.52. The van der Waals surface area contributed by atoms with Crippen LogP contribution in [0, 0.1) is 44.4 Å². The third-order valence-corrected chi connectivity index (χ3v) is 12.7. The number of hydrogen-bond acceptors (Lipinski definition) is 9. The van der Waals surface area contributed by atoms with Gasteiger partial charge in [-0.25, -0.2) is 4.79 Å². The highest BCUT2D eigenvalue weighted by molar-refractivity contribution is 5.70. The number of rotatable bonds is 33. The summed E-state index contributed by atoms with van der Waals surface area (Å²) in [7, 11) is 0. The van der Waals surface area contributed by atoms with Crippen molar-refractivity contribution in [2.24, 2.45) is 23.7 Å². The number of esters is 2. The molecule has 1 aromatic rings. The Bertz CT molecular complexity index is 1370. The van der Waals surface area contributed by atoms with Crippen molar-refractivity contribution in [1.82, 2.24) is 0 Å². The molecule has 9 heteroatoms. The Morgan fingerprint density at radius 1 is 0.667 bits per heavy atom. The number of carbonyl (C=O) groups excluding carboxylic acids is 3. The number of ether oxygens (including phenoxy) is 5. The minimum absolute atomic E-state index is 0.0728. The van der Waals surface area contributed by atoms with Gasteiger partial charge in [-0.1, -0.05) is 131 Å². The van der Waals surface area contributed by atoms with Gasteiger partial charge in [-0.3, -0.25) is 9.59 Å². The van der Waals surface area contributed by atoms with Crippen LogP contribution in [0.15, 0.2) is 0 Å². The predicted octanol–water partition coefficient (Wildman–Crippen LogP) is 13.4. The highest BCUT2D eigenvalue weighted by atomic mass is 16.7. The van der Waals surface area contributed by atoms with Crippen LogP contribution in [0.5, 0.6) is 11.5 Å². The summed E-state index contributed by atoms with van der Waals surface area (Å²) in [6.07, 6.45) is 24.4. The average molecular weight is 845 g/mol. The van der Waals surface area contributed by atoms with E-state index in [0.29, 0.717) is 38.0 Å². The molecule has 0 aliphatic carbocycles. The molecule has 0 bridgehead atoms. The second-order valence-corrected chi connectivity index (χ2v) is 19.1. The van der Waals surface area contributed by atoms with Gasteiger partial charge in [0.05, 0.1) is 25.7 Å². The number of hydrogen-bond donors (Lipinski definition) is 1. The summed E-state index contributed by atoms with van der Waals surface area (Å²) in [4.78, 5) is 37.2. The fourth-order valence-corrected chi connectivity index (χ4v) is 8.36. The molecule has 1 N–H and O–H groups in total. The molecule has 0 aromatic heterocycles. The molecule has 1 heterocycles. The molecular weight excluding hydrogens is 757 g/mol. The van der Waals surface area contributed by atoms with E-state index in [-0.39, 0.29) is 43.8 Å². The topological polar surface area (TPSA) is 118 Å². The zero-order valence-electron chi connectivity index (χ0n) is 39.8. The van der Waals surface area contributed by atoms with Crippen LogP contribution < -0.4 is 9.47 Å². The minimum atomic E-state index is -0.863. The SMILES string of the molecule is CCCCCCCCCCOC(=O)CCCCCC(=O)OCC(CO)COC(=O)Oc1c(C)c(C)c2c(c1C)CC[C@@](C)(CCC[C@H](C)CCC[C@H](C)CCCC(C)C)O2. The van der Waals surface area contributed by atoms with Crippen LogP contribution in [0.2, 0.25) is 0 Å². The van der Waals surface area contributed by atoms with E-state index < -0.39 is 12.1 Å². The van der Waals surface area contributed by atoms with Crippen LogP contribution in [-0.4, -0.2) is 55.2 Å². The van der Waals surface area contributed by atoms with Crippen LogP contribution in [0.25, 0.3) is 0 Å². The smallest absolute Gasteiger partial charge is 0.487 e. The number of aliphatic hydroxyl groups is 1. The Balaban J connectivity index is 1.68. The van der Waals surface area contributed by atoms with Crippen molar-refractivity contribution >= 4 is 18.1 Å². The van der Waals surface area contributed by atoms with Gasteiger partial charge in [0, 0.05) is 18.4 Å². The largest absolute Gasteiger partial charge is 0.513 e. The maximum Gasteiger partial charge on any atom is 0.513 e. The van der Waals surface area contributed by atoms with Gasteiger partial charge in [-0.2, -0.15) is 0 Å². The Morgan fingerprint density at radius 2 is 1.22 bits per heavy atom. The van der Waals surface area contributed by atoms with Crippen molar-refractivity contribution in [3.05, 3.63) is 22.3 Å². The van der Waals surface area contributed by atoms with E-state index in [4.69, 9.17) is 23.7 Å². The van der Waals surface area contributed by atoms with E-state index in [2.05, 4.69) is 41.5 Å². The van der Waals surface area contributed by atoms with E-state index in [0.717, 1.165) is 84.3 Å².